The fourth-order valence-electron chi connectivity index (χ4n) is 8.63. The zero-order valence-corrected chi connectivity index (χ0v) is 32.3. The van der Waals surface area contributed by atoms with Crippen LogP contribution in [0.5, 0.6) is 0 Å². The molecule has 0 spiro atoms. The Morgan fingerprint density at radius 2 is 1.78 bits per heavy atom. The number of cyclic esters (lactones) is 1. The summed E-state index contributed by atoms with van der Waals surface area (Å²) in [6.07, 6.45) is -2.28. The number of fused-ring (bicyclic) bond motifs is 2. The number of carbonyl (C=O) groups excluding carboxylic acids is 1. The molecule has 0 radical (unpaired) electrons. The van der Waals surface area contributed by atoms with Crippen molar-refractivity contribution < 1.29 is 58.4 Å². The average Bonchev–Trinajstić information content (AvgIpc) is 3.39. The highest BCUT2D eigenvalue weighted by molar-refractivity contribution is 5.73. The van der Waals surface area contributed by atoms with Gasteiger partial charge in [0.1, 0.15) is 41.4 Å². The molecule has 292 valence electrons. The van der Waals surface area contributed by atoms with Gasteiger partial charge in [-0.3, -0.25) is 4.79 Å². The normalized spacial score (nSPS) is 45.5. The fourth-order valence-corrected chi connectivity index (χ4v) is 8.63. The van der Waals surface area contributed by atoms with Gasteiger partial charge in [-0.1, -0.05) is 26.7 Å². The number of hydrogen-bond acceptors (Lipinski definition) is 13. The van der Waals surface area contributed by atoms with Crippen molar-refractivity contribution in [3.8, 4) is 12.3 Å². The molecule has 4 rings (SSSR count). The van der Waals surface area contributed by atoms with Gasteiger partial charge < -0.3 is 58.9 Å². The highest BCUT2D eigenvalue weighted by atomic mass is 16.7. The summed E-state index contributed by atoms with van der Waals surface area (Å²) in [6, 6.07) is -0.398. The van der Waals surface area contributed by atoms with E-state index in [-0.39, 0.29) is 25.5 Å². The van der Waals surface area contributed by atoms with Crippen LogP contribution in [0.3, 0.4) is 0 Å². The van der Waals surface area contributed by atoms with Crippen LogP contribution in [-0.4, -0.2) is 124 Å². The van der Waals surface area contributed by atoms with E-state index in [0.717, 1.165) is 5.57 Å². The molecule has 13 nitrogen and oxygen atoms in total. The van der Waals surface area contributed by atoms with E-state index in [9.17, 15) is 25.2 Å². The first-order valence-corrected chi connectivity index (χ1v) is 18.4. The number of esters is 1. The lowest BCUT2D eigenvalue weighted by Gasteiger charge is -2.48. The number of carbonyl (C=O) groups is 1. The van der Waals surface area contributed by atoms with E-state index in [1.807, 2.05) is 27.7 Å². The maximum atomic E-state index is 14.3. The van der Waals surface area contributed by atoms with Crippen molar-refractivity contribution in [2.45, 2.75) is 179 Å². The second-order valence-corrected chi connectivity index (χ2v) is 16.0. The molecule has 51 heavy (non-hydrogen) atoms. The molecular formula is C38H63NO12. The van der Waals surface area contributed by atoms with Crippen molar-refractivity contribution in [3.63, 3.8) is 0 Å². The predicted octanol–water partition coefficient (Wildman–Crippen LogP) is 2.55. The number of hydrogen-bond donors (Lipinski definition) is 5. The Morgan fingerprint density at radius 1 is 1.12 bits per heavy atom. The Labute approximate surface area is 303 Å². The zero-order chi connectivity index (χ0) is 38.2. The van der Waals surface area contributed by atoms with Crippen LogP contribution in [0.15, 0.2) is 11.3 Å². The number of rotatable bonds is 10. The second-order valence-electron chi connectivity index (χ2n) is 16.0. The summed E-state index contributed by atoms with van der Waals surface area (Å²) < 4.78 is 44.7. The molecule has 13 heteroatoms. The van der Waals surface area contributed by atoms with Crippen LogP contribution in [0, 0.1) is 30.1 Å². The Bertz CT molecular complexity index is 1290. The Balaban J connectivity index is 1.82. The van der Waals surface area contributed by atoms with Gasteiger partial charge in [0, 0.05) is 31.9 Å². The lowest BCUT2D eigenvalue weighted by atomic mass is 9.78. The van der Waals surface area contributed by atoms with Gasteiger partial charge in [0.05, 0.1) is 48.4 Å². The summed E-state index contributed by atoms with van der Waals surface area (Å²) in [4.78, 5) is 14.3. The molecule has 0 saturated carbocycles. The summed E-state index contributed by atoms with van der Waals surface area (Å²) in [5.74, 6) is 0.186. The van der Waals surface area contributed by atoms with Crippen LogP contribution < -0.4 is 5.32 Å². The van der Waals surface area contributed by atoms with E-state index in [2.05, 4.69) is 11.2 Å². The number of nitrogens with one attached hydrogen (secondary N) is 1. The van der Waals surface area contributed by atoms with Gasteiger partial charge in [0.25, 0.3) is 0 Å². The van der Waals surface area contributed by atoms with Crippen molar-refractivity contribution in [2.75, 3.05) is 13.7 Å². The molecule has 2 bridgehead atoms. The lowest BCUT2D eigenvalue weighted by Crippen LogP contribution is -2.60. The highest BCUT2D eigenvalue weighted by Crippen LogP contribution is 2.48. The Kier molecular flexibility index (Phi) is 13.4. The zero-order valence-electron chi connectivity index (χ0n) is 32.3. The lowest BCUT2D eigenvalue weighted by molar-refractivity contribution is -0.314. The molecule has 0 aromatic carbocycles. The van der Waals surface area contributed by atoms with Gasteiger partial charge in [0.15, 0.2) is 12.6 Å². The van der Waals surface area contributed by atoms with E-state index >= 15 is 0 Å². The van der Waals surface area contributed by atoms with Gasteiger partial charge >= 0.3 is 5.97 Å². The molecule has 6 unspecified atom stereocenters. The Hall–Kier alpha value is -1.83. The van der Waals surface area contributed by atoms with E-state index < -0.39 is 102 Å². The topological polar surface area (TPSA) is 175 Å². The molecule has 4 heterocycles. The molecule has 0 aromatic heterocycles. The largest absolute Gasteiger partial charge is 0.488 e. The van der Waals surface area contributed by atoms with Gasteiger partial charge in [0.2, 0.25) is 0 Å². The van der Waals surface area contributed by atoms with Gasteiger partial charge in [-0.25, -0.2) is 0 Å². The minimum atomic E-state index is -1.83. The number of aliphatic hydroxyl groups excluding tert-OH is 3. The third-order valence-corrected chi connectivity index (χ3v) is 11.8. The van der Waals surface area contributed by atoms with E-state index in [0.29, 0.717) is 18.6 Å². The van der Waals surface area contributed by atoms with Crippen molar-refractivity contribution in [1.29, 1.82) is 0 Å². The summed E-state index contributed by atoms with van der Waals surface area (Å²) in [5, 5.41) is 48.3. The predicted molar refractivity (Wildman–Crippen MR) is 187 cm³/mol. The van der Waals surface area contributed by atoms with Crippen molar-refractivity contribution in [3.05, 3.63) is 11.3 Å². The Morgan fingerprint density at radius 3 is 2.39 bits per heavy atom. The quantitative estimate of drug-likeness (QED) is 0.164. The van der Waals surface area contributed by atoms with Crippen molar-refractivity contribution in [1.82, 2.24) is 5.32 Å². The molecular weight excluding hydrogens is 662 g/mol. The smallest absolute Gasteiger partial charge is 0.311 e. The van der Waals surface area contributed by atoms with Gasteiger partial charge in [-0.15, -0.1) is 6.42 Å². The van der Waals surface area contributed by atoms with E-state index in [1.54, 1.807) is 34.6 Å². The van der Waals surface area contributed by atoms with Crippen LogP contribution >= 0.6 is 0 Å². The molecule has 17 atom stereocenters. The monoisotopic (exact) mass is 725 g/mol. The minimum absolute atomic E-state index is 0.158. The summed E-state index contributed by atoms with van der Waals surface area (Å²) in [6.45, 7) is 18.1. The molecule has 3 fully saturated rings. The first-order valence-electron chi connectivity index (χ1n) is 18.4. The maximum Gasteiger partial charge on any atom is 0.311 e. The molecule has 3 saturated heterocycles. The number of aliphatic hydroxyl groups is 4. The SMILES string of the molecule is C#CCNC1CC(C)O[C@@H](O[C@@H]2[C@@H](C)[C@H](O[C@H]3CC(C)(OC)[C@@H](O)C(C)O3)[C@@H](C)C(=O)O[C@@H]([C@](C)(O)[C@H](O)CC)[C@@H](C)C3=C(C)CC2(C)O3)C1O. The number of terminal acetylenes is 1. The standard InChI is InChI=1S/C38H63NO12/c1-13-15-39-25-16-20(4)46-35(28(25)41)50-32-22(6)30(48-27-18-36(9,45-12)31(42)24(8)47-27)23(7)34(43)49-33(38(11,44)26(40)14-2)21(5)29-19(3)17-37(32,10)51-29/h1,20-28,30-33,35,39-42,44H,14-18H2,2-12H3/t20?,21-,22-,23+,24?,25?,26+,27-,28?,30-,31-,32+,33+,35-,36?,37?,38+/m0/s1. The minimum Gasteiger partial charge on any atom is -0.488 e. The van der Waals surface area contributed by atoms with Crippen LogP contribution in [0.2, 0.25) is 0 Å². The molecule has 0 aliphatic carbocycles. The van der Waals surface area contributed by atoms with Crippen LogP contribution in [0.25, 0.3) is 0 Å². The second kappa shape index (κ2) is 16.3. The van der Waals surface area contributed by atoms with Crippen molar-refractivity contribution in [2.24, 2.45) is 17.8 Å². The summed E-state index contributed by atoms with van der Waals surface area (Å²) in [5.41, 5.74) is -3.03. The van der Waals surface area contributed by atoms with Crippen LogP contribution in [-0.2, 0) is 38.0 Å². The first kappa shape index (κ1) is 41.9. The molecule has 0 aromatic rings. The third-order valence-electron chi connectivity index (χ3n) is 11.8. The molecule has 4 aliphatic heterocycles. The molecule has 0 amide bonds. The number of methoxy groups -OCH3 is 1. The first-order chi connectivity index (χ1) is 23.7. The third kappa shape index (κ3) is 8.46. The van der Waals surface area contributed by atoms with Gasteiger partial charge in [-0.05, 0) is 66.9 Å². The van der Waals surface area contributed by atoms with Crippen molar-refractivity contribution >= 4 is 5.97 Å². The highest BCUT2D eigenvalue weighted by Gasteiger charge is 2.56. The average molecular weight is 726 g/mol. The fraction of sp³-hybridized carbons (Fsp3) is 0.868. The van der Waals surface area contributed by atoms with Crippen LogP contribution in [0.4, 0.5) is 0 Å². The number of ether oxygens (including phenoxy) is 7. The maximum absolute atomic E-state index is 14.3. The summed E-state index contributed by atoms with van der Waals surface area (Å²) >= 11 is 0. The van der Waals surface area contributed by atoms with E-state index in [4.69, 9.17) is 39.6 Å². The van der Waals surface area contributed by atoms with Gasteiger partial charge in [-0.2, -0.15) is 0 Å². The van der Waals surface area contributed by atoms with Crippen LogP contribution in [0.1, 0.15) is 94.9 Å². The molecule has 5 N–H and O–H groups in total. The van der Waals surface area contributed by atoms with E-state index in [1.165, 1.54) is 14.0 Å². The summed E-state index contributed by atoms with van der Waals surface area (Å²) in [7, 11) is 1.52. The molecule has 4 aliphatic rings.